The number of nitrogens with one attached hydrogen (secondary N) is 2. The summed E-state index contributed by atoms with van der Waals surface area (Å²) in [6, 6.07) is 0. The molecule has 0 heterocycles. The number of carboxylic acid groups (broad SMARTS) is 2. The second-order valence-corrected chi connectivity index (χ2v) is 2.72. The lowest BCUT2D eigenvalue weighted by Gasteiger charge is -1.94. The molecule has 0 amide bonds. The Morgan fingerprint density at radius 2 is 1.19 bits per heavy atom. The van der Waals surface area contributed by atoms with Crippen LogP contribution in [0.4, 0.5) is 0 Å². The summed E-state index contributed by atoms with van der Waals surface area (Å²) in [4.78, 5) is 19.5. The number of carbonyl (C=O) groups is 2. The molecule has 0 atom stereocenters. The molecule has 0 fully saturated rings. The van der Waals surface area contributed by atoms with Crippen LogP contribution in [-0.2, 0) is 9.59 Å². The van der Waals surface area contributed by atoms with E-state index in [1.165, 1.54) is 0 Å². The van der Waals surface area contributed by atoms with Crippen molar-refractivity contribution in [3.8, 4) is 0 Å². The van der Waals surface area contributed by atoms with Crippen molar-refractivity contribution in [3.05, 3.63) is 0 Å². The van der Waals surface area contributed by atoms with E-state index < -0.39 is 11.9 Å². The third-order valence-electron chi connectivity index (χ3n) is 1.19. The van der Waals surface area contributed by atoms with E-state index in [1.54, 1.807) is 0 Å². The lowest BCUT2D eigenvalue weighted by atomic mass is 10.6. The molecule has 0 aromatic carbocycles. The van der Waals surface area contributed by atoms with Crippen molar-refractivity contribution in [2.24, 2.45) is 11.5 Å². The lowest BCUT2D eigenvalue weighted by molar-refractivity contribution is -0.136. The molecular formula is C8H20N4O4. The van der Waals surface area contributed by atoms with Crippen molar-refractivity contribution in [1.82, 2.24) is 10.6 Å². The van der Waals surface area contributed by atoms with Gasteiger partial charge < -0.3 is 32.3 Å². The summed E-state index contributed by atoms with van der Waals surface area (Å²) >= 11 is 0. The minimum absolute atomic E-state index is 0.00278. The van der Waals surface area contributed by atoms with Crippen molar-refractivity contribution in [1.29, 1.82) is 0 Å². The van der Waals surface area contributed by atoms with Crippen molar-refractivity contribution >= 4 is 11.9 Å². The van der Waals surface area contributed by atoms with E-state index in [0.29, 0.717) is 26.2 Å². The van der Waals surface area contributed by atoms with Crippen molar-refractivity contribution in [2.45, 2.75) is 0 Å². The van der Waals surface area contributed by atoms with Gasteiger partial charge in [0.2, 0.25) is 0 Å². The second kappa shape index (κ2) is 13.8. The number of nitrogens with two attached hydrogens (primary N) is 2. The summed E-state index contributed by atoms with van der Waals surface area (Å²) in [7, 11) is 0. The molecule has 8 nitrogen and oxygen atoms in total. The Balaban J connectivity index is 0. The zero-order valence-electron chi connectivity index (χ0n) is 9.11. The molecule has 0 aliphatic carbocycles. The van der Waals surface area contributed by atoms with E-state index in [-0.39, 0.29) is 13.1 Å². The SMILES string of the molecule is NCCNCC(=O)O.NCCNCC(=O)O. The first-order chi connectivity index (χ1) is 7.54. The van der Waals surface area contributed by atoms with Gasteiger partial charge in [-0.25, -0.2) is 0 Å². The maximum atomic E-state index is 9.77. The Morgan fingerprint density at radius 1 is 0.875 bits per heavy atom. The van der Waals surface area contributed by atoms with E-state index in [9.17, 15) is 9.59 Å². The molecule has 16 heavy (non-hydrogen) atoms. The van der Waals surface area contributed by atoms with E-state index in [1.807, 2.05) is 0 Å². The summed E-state index contributed by atoms with van der Waals surface area (Å²) in [5.41, 5.74) is 10.1. The van der Waals surface area contributed by atoms with Gasteiger partial charge in [0.15, 0.2) is 0 Å². The third-order valence-corrected chi connectivity index (χ3v) is 1.19. The topological polar surface area (TPSA) is 151 Å². The molecule has 0 aliphatic rings. The molecule has 0 saturated carbocycles. The highest BCUT2D eigenvalue weighted by Gasteiger charge is 1.91. The van der Waals surface area contributed by atoms with Crippen molar-refractivity contribution in [2.75, 3.05) is 39.3 Å². The average Bonchev–Trinajstić information content (AvgIpc) is 2.18. The molecule has 0 radical (unpaired) electrons. The molecule has 0 aliphatic heterocycles. The highest BCUT2D eigenvalue weighted by molar-refractivity contribution is 5.69. The van der Waals surface area contributed by atoms with Crippen LogP contribution in [0, 0.1) is 0 Å². The van der Waals surface area contributed by atoms with Crippen LogP contribution < -0.4 is 22.1 Å². The second-order valence-electron chi connectivity index (χ2n) is 2.72. The predicted molar refractivity (Wildman–Crippen MR) is 59.1 cm³/mol. The molecule has 0 saturated heterocycles. The zero-order valence-corrected chi connectivity index (χ0v) is 9.11. The fraction of sp³-hybridized carbons (Fsp3) is 0.750. The minimum atomic E-state index is -0.849. The van der Waals surface area contributed by atoms with Gasteiger partial charge in [0, 0.05) is 26.2 Å². The molecule has 0 aromatic heterocycles. The summed E-state index contributed by atoms with van der Waals surface area (Å²) in [5.74, 6) is -1.70. The zero-order chi connectivity index (χ0) is 12.8. The molecule has 0 spiro atoms. The molecule has 0 unspecified atom stereocenters. The number of aliphatic carboxylic acids is 2. The molecule has 0 aromatic rings. The Hall–Kier alpha value is -1.22. The quantitative estimate of drug-likeness (QED) is 0.248. The number of hydrogen-bond donors (Lipinski definition) is 6. The van der Waals surface area contributed by atoms with Gasteiger partial charge in [-0.15, -0.1) is 0 Å². The van der Waals surface area contributed by atoms with Gasteiger partial charge in [0.1, 0.15) is 0 Å². The van der Waals surface area contributed by atoms with Crippen LogP contribution in [-0.4, -0.2) is 61.4 Å². The van der Waals surface area contributed by atoms with Crippen molar-refractivity contribution < 1.29 is 19.8 Å². The first-order valence-electron chi connectivity index (χ1n) is 4.79. The normalized spacial score (nSPS) is 9.12. The maximum absolute atomic E-state index is 9.77. The molecule has 8 heteroatoms. The molecular weight excluding hydrogens is 216 g/mol. The summed E-state index contributed by atoms with van der Waals surface area (Å²) in [6.45, 7) is 2.08. The predicted octanol–water partition coefficient (Wildman–Crippen LogP) is -2.76. The van der Waals surface area contributed by atoms with Crippen LogP contribution in [0.1, 0.15) is 0 Å². The van der Waals surface area contributed by atoms with E-state index >= 15 is 0 Å². The summed E-state index contributed by atoms with van der Waals surface area (Å²) in [5, 5.41) is 21.3. The summed E-state index contributed by atoms with van der Waals surface area (Å²) < 4.78 is 0. The fourth-order valence-corrected chi connectivity index (χ4v) is 0.595. The fourth-order valence-electron chi connectivity index (χ4n) is 0.595. The van der Waals surface area contributed by atoms with Crippen LogP contribution in [0.25, 0.3) is 0 Å². The van der Waals surface area contributed by atoms with Crippen LogP contribution in [0.15, 0.2) is 0 Å². The largest absolute Gasteiger partial charge is 0.480 e. The maximum Gasteiger partial charge on any atom is 0.317 e. The van der Waals surface area contributed by atoms with E-state index in [4.69, 9.17) is 21.7 Å². The van der Waals surface area contributed by atoms with Gasteiger partial charge in [-0.1, -0.05) is 0 Å². The third kappa shape index (κ3) is 23.0. The van der Waals surface area contributed by atoms with E-state index in [0.717, 1.165) is 0 Å². The lowest BCUT2D eigenvalue weighted by Crippen LogP contribution is -2.27. The van der Waals surface area contributed by atoms with Crippen molar-refractivity contribution in [3.63, 3.8) is 0 Å². The summed E-state index contributed by atoms with van der Waals surface area (Å²) in [6.07, 6.45) is 0. The van der Waals surface area contributed by atoms with Gasteiger partial charge in [-0.05, 0) is 0 Å². The van der Waals surface area contributed by atoms with Crippen LogP contribution in [0.2, 0.25) is 0 Å². The molecule has 96 valence electrons. The highest BCUT2D eigenvalue weighted by Crippen LogP contribution is 1.57. The van der Waals surface area contributed by atoms with Gasteiger partial charge in [0.05, 0.1) is 13.1 Å². The first kappa shape index (κ1) is 17.2. The van der Waals surface area contributed by atoms with Crippen LogP contribution >= 0.6 is 0 Å². The number of hydrogen-bond acceptors (Lipinski definition) is 6. The minimum Gasteiger partial charge on any atom is -0.480 e. The first-order valence-corrected chi connectivity index (χ1v) is 4.79. The number of rotatable bonds is 8. The average molecular weight is 236 g/mol. The Kier molecular flexibility index (Phi) is 14.8. The van der Waals surface area contributed by atoms with Gasteiger partial charge in [-0.3, -0.25) is 9.59 Å². The molecule has 8 N–H and O–H groups in total. The van der Waals surface area contributed by atoms with Gasteiger partial charge >= 0.3 is 11.9 Å². The smallest absolute Gasteiger partial charge is 0.317 e. The van der Waals surface area contributed by atoms with Gasteiger partial charge in [0.25, 0.3) is 0 Å². The number of carboxylic acids is 2. The van der Waals surface area contributed by atoms with Crippen LogP contribution in [0.3, 0.4) is 0 Å². The molecule has 0 bridgehead atoms. The van der Waals surface area contributed by atoms with E-state index in [2.05, 4.69) is 10.6 Å². The molecule has 0 rings (SSSR count). The van der Waals surface area contributed by atoms with Crippen LogP contribution in [0.5, 0.6) is 0 Å². The monoisotopic (exact) mass is 236 g/mol. The Labute approximate surface area is 94.0 Å². The Morgan fingerprint density at radius 3 is 1.38 bits per heavy atom. The standard InChI is InChI=1S/2C4H10N2O2/c2*5-1-2-6-3-4(7)8/h2*6H,1-3,5H2,(H,7,8). The van der Waals surface area contributed by atoms with Gasteiger partial charge in [-0.2, -0.15) is 0 Å². The highest BCUT2D eigenvalue weighted by atomic mass is 16.4. The Bertz CT molecular complexity index is 169.